The Labute approximate surface area is 221 Å². The van der Waals surface area contributed by atoms with Crippen molar-refractivity contribution in [3.8, 4) is 0 Å². The van der Waals surface area contributed by atoms with E-state index in [9.17, 15) is 19.2 Å². The maximum atomic E-state index is 14.0. The largest absolute Gasteiger partial charge is 0.444 e. The molecule has 9 nitrogen and oxygen atoms in total. The van der Waals surface area contributed by atoms with Gasteiger partial charge in [-0.25, -0.2) is 4.79 Å². The van der Waals surface area contributed by atoms with E-state index in [-0.39, 0.29) is 18.5 Å². The van der Waals surface area contributed by atoms with E-state index in [1.54, 1.807) is 20.8 Å². The second kappa shape index (κ2) is 14.6. The van der Waals surface area contributed by atoms with Crippen LogP contribution in [0.25, 0.3) is 0 Å². The minimum absolute atomic E-state index is 0.153. The number of rotatable bonds is 13. The van der Waals surface area contributed by atoms with Crippen LogP contribution in [0.15, 0.2) is 18.2 Å². The van der Waals surface area contributed by atoms with Gasteiger partial charge in [-0.1, -0.05) is 55.5 Å². The van der Waals surface area contributed by atoms with Gasteiger partial charge in [-0.2, -0.15) is 0 Å². The van der Waals surface area contributed by atoms with Crippen molar-refractivity contribution in [1.29, 1.82) is 0 Å². The van der Waals surface area contributed by atoms with Crippen LogP contribution >= 0.6 is 0 Å². The number of carbonyl (C=O) groups excluding carboxylic acids is 4. The van der Waals surface area contributed by atoms with Gasteiger partial charge in [0.2, 0.25) is 17.7 Å². The van der Waals surface area contributed by atoms with Gasteiger partial charge in [0.1, 0.15) is 17.7 Å². The van der Waals surface area contributed by atoms with Gasteiger partial charge in [-0.15, -0.1) is 0 Å². The Hall–Kier alpha value is -3.10. The molecule has 4 N–H and O–H groups in total. The number of hydrogen-bond donors (Lipinski definition) is 3. The molecule has 37 heavy (non-hydrogen) atoms. The first kappa shape index (κ1) is 31.9. The molecule has 0 saturated heterocycles. The van der Waals surface area contributed by atoms with Crippen LogP contribution in [0.3, 0.4) is 0 Å². The Balaban J connectivity index is 3.55. The summed E-state index contributed by atoms with van der Waals surface area (Å²) >= 11 is 0. The normalized spacial score (nSPS) is 13.0. The van der Waals surface area contributed by atoms with Crippen LogP contribution in [0.2, 0.25) is 0 Å². The predicted octanol–water partition coefficient (Wildman–Crippen LogP) is 4.05. The number of nitrogens with two attached hydrogens (primary N) is 1. The number of aryl methyl sites for hydroxylation is 2. The smallest absolute Gasteiger partial charge is 0.408 e. The lowest BCUT2D eigenvalue weighted by Gasteiger charge is -2.35. The molecule has 1 aromatic rings. The molecule has 4 amide bonds. The number of primary amides is 1. The summed E-state index contributed by atoms with van der Waals surface area (Å²) in [6.45, 7) is 15.0. The number of unbranched alkanes of at least 4 members (excludes halogenated alkanes) is 3. The molecule has 1 aromatic carbocycles. The summed E-state index contributed by atoms with van der Waals surface area (Å²) in [6.07, 6.45) is 2.25. The van der Waals surface area contributed by atoms with E-state index < -0.39 is 42.0 Å². The third-order valence-electron chi connectivity index (χ3n) is 5.48. The summed E-state index contributed by atoms with van der Waals surface area (Å²) in [5.74, 6) is -1.65. The maximum Gasteiger partial charge on any atom is 0.408 e. The summed E-state index contributed by atoms with van der Waals surface area (Å²) in [4.78, 5) is 53.4. The monoisotopic (exact) mass is 518 g/mol. The van der Waals surface area contributed by atoms with Gasteiger partial charge >= 0.3 is 6.09 Å². The summed E-state index contributed by atoms with van der Waals surface area (Å²) in [5.41, 5.74) is 7.21. The van der Waals surface area contributed by atoms with Crippen LogP contribution in [0.4, 0.5) is 4.79 Å². The van der Waals surface area contributed by atoms with Crippen molar-refractivity contribution in [2.75, 3.05) is 6.54 Å². The van der Waals surface area contributed by atoms with E-state index in [4.69, 9.17) is 10.5 Å². The van der Waals surface area contributed by atoms with Crippen molar-refractivity contribution in [2.24, 2.45) is 5.73 Å². The maximum absolute atomic E-state index is 14.0. The zero-order chi connectivity index (χ0) is 28.3. The lowest BCUT2D eigenvalue weighted by molar-refractivity contribution is -0.143. The average Bonchev–Trinajstić information content (AvgIpc) is 2.71. The first-order valence-corrected chi connectivity index (χ1v) is 13.1. The van der Waals surface area contributed by atoms with Gasteiger partial charge in [0.25, 0.3) is 0 Å². The molecular formula is C28H46N4O5. The van der Waals surface area contributed by atoms with Crippen LogP contribution in [-0.4, -0.2) is 52.9 Å². The highest BCUT2D eigenvalue weighted by atomic mass is 16.6. The fraction of sp³-hybridized carbons (Fsp3) is 0.643. The van der Waals surface area contributed by atoms with E-state index in [0.29, 0.717) is 12.0 Å². The summed E-state index contributed by atoms with van der Waals surface area (Å²) < 4.78 is 5.32. The number of hydrogen-bond acceptors (Lipinski definition) is 5. The van der Waals surface area contributed by atoms with Crippen LogP contribution in [0.5, 0.6) is 0 Å². The lowest BCUT2D eigenvalue weighted by Crippen LogP contribution is -2.54. The molecule has 0 aliphatic rings. The van der Waals surface area contributed by atoms with Gasteiger partial charge in [-0.3, -0.25) is 14.4 Å². The van der Waals surface area contributed by atoms with Gasteiger partial charge in [-0.05, 0) is 60.5 Å². The molecule has 0 fully saturated rings. The van der Waals surface area contributed by atoms with E-state index in [1.807, 2.05) is 45.9 Å². The van der Waals surface area contributed by atoms with Gasteiger partial charge in [0.15, 0.2) is 0 Å². The summed E-state index contributed by atoms with van der Waals surface area (Å²) in [5, 5.41) is 5.44. The van der Waals surface area contributed by atoms with Crippen molar-refractivity contribution < 1.29 is 23.9 Å². The third kappa shape index (κ3) is 11.7. The minimum atomic E-state index is -1.28. The van der Waals surface area contributed by atoms with E-state index in [2.05, 4.69) is 17.6 Å². The zero-order valence-electron chi connectivity index (χ0n) is 23.8. The van der Waals surface area contributed by atoms with Crippen LogP contribution in [-0.2, 0) is 19.1 Å². The van der Waals surface area contributed by atoms with Crippen molar-refractivity contribution in [1.82, 2.24) is 15.5 Å². The second-order valence-corrected chi connectivity index (χ2v) is 10.9. The molecule has 0 aromatic heterocycles. The lowest BCUT2D eigenvalue weighted by atomic mass is 9.97. The molecule has 0 heterocycles. The van der Waals surface area contributed by atoms with Gasteiger partial charge in [0.05, 0.1) is 6.42 Å². The molecule has 1 rings (SSSR count). The molecule has 0 aliphatic heterocycles. The Bertz CT molecular complexity index is 919. The molecule has 0 bridgehead atoms. The highest BCUT2D eigenvalue weighted by Crippen LogP contribution is 2.26. The van der Waals surface area contributed by atoms with Gasteiger partial charge < -0.3 is 26.0 Å². The molecule has 0 radical (unpaired) electrons. The van der Waals surface area contributed by atoms with E-state index in [1.165, 1.54) is 4.90 Å². The number of amides is 4. The third-order valence-corrected chi connectivity index (χ3v) is 5.48. The second-order valence-electron chi connectivity index (χ2n) is 10.9. The molecule has 9 heteroatoms. The SMILES string of the molecule is CCCCCCN(C(=O)C(CC(N)=O)NC(=O)OC(C)(C)C)C(C(=O)NC(C)C)c1cc(C)cc(C)c1. The van der Waals surface area contributed by atoms with Crippen molar-refractivity contribution in [3.63, 3.8) is 0 Å². The molecule has 0 aliphatic carbocycles. The standard InChI is InChI=1S/C28H46N4O5/c1-9-10-11-12-13-32(26(35)22(17-23(29)33)31-27(36)37-28(6,7)8)24(25(34)30-18(2)3)21-15-19(4)14-20(5)16-21/h14-16,18,22,24H,9-13,17H2,1-8H3,(H2,29,33)(H,30,34)(H,31,36). The highest BCUT2D eigenvalue weighted by Gasteiger charge is 2.37. The fourth-order valence-corrected chi connectivity index (χ4v) is 4.13. The average molecular weight is 519 g/mol. The predicted molar refractivity (Wildman–Crippen MR) is 145 cm³/mol. The van der Waals surface area contributed by atoms with Crippen molar-refractivity contribution in [3.05, 3.63) is 34.9 Å². The number of nitrogens with zero attached hydrogens (tertiary/aromatic N) is 1. The number of alkyl carbamates (subject to hydrolysis) is 1. The molecule has 2 unspecified atom stereocenters. The topological polar surface area (TPSA) is 131 Å². The highest BCUT2D eigenvalue weighted by molar-refractivity contribution is 5.94. The van der Waals surface area contributed by atoms with E-state index >= 15 is 0 Å². The first-order valence-electron chi connectivity index (χ1n) is 13.1. The van der Waals surface area contributed by atoms with Crippen molar-refractivity contribution >= 4 is 23.8 Å². The summed E-state index contributed by atoms with van der Waals surface area (Å²) in [6, 6.07) is 3.38. The van der Waals surface area contributed by atoms with Crippen LogP contribution < -0.4 is 16.4 Å². The molecule has 0 spiro atoms. The number of ether oxygens (including phenoxy) is 1. The van der Waals surface area contributed by atoms with E-state index in [0.717, 1.165) is 30.4 Å². The quantitative estimate of drug-likeness (QED) is 0.339. The van der Waals surface area contributed by atoms with Crippen molar-refractivity contribution in [2.45, 2.75) is 111 Å². The fourth-order valence-electron chi connectivity index (χ4n) is 4.13. The number of benzene rings is 1. The number of carbonyl (C=O) groups is 4. The number of nitrogens with one attached hydrogen (secondary N) is 2. The molecule has 208 valence electrons. The Morgan fingerprint density at radius 3 is 2.05 bits per heavy atom. The minimum Gasteiger partial charge on any atom is -0.444 e. The van der Waals surface area contributed by atoms with Crippen LogP contribution in [0.1, 0.15) is 96.4 Å². The molecule has 0 saturated carbocycles. The zero-order valence-corrected chi connectivity index (χ0v) is 23.8. The Morgan fingerprint density at radius 1 is 0.973 bits per heavy atom. The van der Waals surface area contributed by atoms with Gasteiger partial charge in [0, 0.05) is 12.6 Å². The Kier molecular flexibility index (Phi) is 12.6. The first-order chi connectivity index (χ1) is 17.1. The Morgan fingerprint density at radius 2 is 1.57 bits per heavy atom. The summed E-state index contributed by atoms with van der Waals surface area (Å²) in [7, 11) is 0. The molecular weight excluding hydrogens is 472 g/mol. The van der Waals surface area contributed by atoms with Crippen LogP contribution in [0, 0.1) is 13.8 Å². The molecule has 2 atom stereocenters.